The molecule has 2 rings (SSSR count). The van der Waals surface area contributed by atoms with Crippen LogP contribution < -0.4 is 5.32 Å². The number of phenolic OH excluding ortho intramolecular Hbond substituents is 1. The quantitative estimate of drug-likeness (QED) is 0.803. The van der Waals surface area contributed by atoms with Crippen LogP contribution in [0.15, 0.2) is 36.4 Å². The van der Waals surface area contributed by atoms with E-state index < -0.39 is 5.82 Å². The molecule has 0 aliphatic rings. The molecule has 0 aliphatic carbocycles. The zero-order valence-electron chi connectivity index (χ0n) is 11.7. The van der Waals surface area contributed by atoms with Gasteiger partial charge in [0.1, 0.15) is 11.6 Å². The Labute approximate surface area is 133 Å². The van der Waals surface area contributed by atoms with Crippen molar-refractivity contribution in [2.24, 2.45) is 0 Å². The van der Waals surface area contributed by atoms with Gasteiger partial charge in [-0.15, -0.1) is 0 Å². The van der Waals surface area contributed by atoms with E-state index in [2.05, 4.69) is 5.32 Å². The highest BCUT2D eigenvalue weighted by atomic mass is 35.5. The van der Waals surface area contributed by atoms with E-state index in [0.717, 1.165) is 11.6 Å². The predicted molar refractivity (Wildman–Crippen MR) is 84.5 cm³/mol. The first-order valence-electron chi connectivity index (χ1n) is 6.58. The highest BCUT2D eigenvalue weighted by Gasteiger charge is 2.15. The van der Waals surface area contributed by atoms with Crippen LogP contribution in [0.2, 0.25) is 10.0 Å². The molecule has 0 aliphatic heterocycles. The molecule has 0 radical (unpaired) electrons. The first kappa shape index (κ1) is 16.1. The summed E-state index contributed by atoms with van der Waals surface area (Å²) in [5.74, 6) is -0.516. The summed E-state index contributed by atoms with van der Waals surface area (Å²) in [6.45, 7) is 3.89. The van der Waals surface area contributed by atoms with Crippen molar-refractivity contribution in [2.75, 3.05) is 0 Å². The van der Waals surface area contributed by atoms with Gasteiger partial charge in [-0.25, -0.2) is 4.39 Å². The molecule has 0 amide bonds. The number of rotatable bonds is 4. The molecule has 0 aromatic heterocycles. The van der Waals surface area contributed by atoms with Gasteiger partial charge in [0, 0.05) is 23.7 Å². The summed E-state index contributed by atoms with van der Waals surface area (Å²) in [5.41, 5.74) is 1.63. The first-order valence-corrected chi connectivity index (χ1v) is 7.33. The number of nitrogens with one attached hydrogen (secondary N) is 1. The van der Waals surface area contributed by atoms with Crippen molar-refractivity contribution in [1.82, 2.24) is 5.32 Å². The first-order chi connectivity index (χ1) is 9.88. The maximum atomic E-state index is 13.0. The van der Waals surface area contributed by atoms with Gasteiger partial charge in [-0.1, -0.05) is 35.3 Å². The highest BCUT2D eigenvalue weighted by Crippen LogP contribution is 2.29. The fourth-order valence-electron chi connectivity index (χ4n) is 2.23. The summed E-state index contributed by atoms with van der Waals surface area (Å²) in [4.78, 5) is 0. The lowest BCUT2D eigenvalue weighted by atomic mass is 10.0. The predicted octanol–water partition coefficient (Wildman–Crippen LogP) is 5.25. The number of benzene rings is 2. The SMILES string of the molecule is CC(NC(C)c1ccc(F)cc1O)c1ccc(Cl)c(Cl)c1. The van der Waals surface area contributed by atoms with Crippen LogP contribution in [0.1, 0.15) is 37.1 Å². The van der Waals surface area contributed by atoms with Gasteiger partial charge in [-0.05, 0) is 37.6 Å². The number of aromatic hydroxyl groups is 1. The lowest BCUT2D eigenvalue weighted by Crippen LogP contribution is -2.22. The molecule has 0 saturated carbocycles. The molecular formula is C16H16Cl2FNO. The van der Waals surface area contributed by atoms with Gasteiger partial charge in [-0.3, -0.25) is 0 Å². The molecule has 21 heavy (non-hydrogen) atoms. The van der Waals surface area contributed by atoms with Crippen LogP contribution in [0.4, 0.5) is 4.39 Å². The van der Waals surface area contributed by atoms with Crippen molar-refractivity contribution in [2.45, 2.75) is 25.9 Å². The van der Waals surface area contributed by atoms with Gasteiger partial charge in [0.25, 0.3) is 0 Å². The Morgan fingerprint density at radius 1 is 1.00 bits per heavy atom. The molecule has 0 spiro atoms. The summed E-state index contributed by atoms with van der Waals surface area (Å²) in [6.07, 6.45) is 0. The van der Waals surface area contributed by atoms with Gasteiger partial charge in [0.05, 0.1) is 10.0 Å². The maximum absolute atomic E-state index is 13.0. The molecule has 2 aromatic carbocycles. The Balaban J connectivity index is 2.14. The van der Waals surface area contributed by atoms with Crippen molar-refractivity contribution >= 4 is 23.2 Å². The Bertz CT molecular complexity index is 648. The third kappa shape index (κ3) is 3.88. The smallest absolute Gasteiger partial charge is 0.126 e. The van der Waals surface area contributed by atoms with Crippen LogP contribution in [0, 0.1) is 5.82 Å². The van der Waals surface area contributed by atoms with E-state index in [1.807, 2.05) is 19.9 Å². The molecular weight excluding hydrogens is 312 g/mol. The van der Waals surface area contributed by atoms with E-state index in [1.165, 1.54) is 6.07 Å². The van der Waals surface area contributed by atoms with Gasteiger partial charge < -0.3 is 10.4 Å². The molecule has 2 unspecified atom stereocenters. The van der Waals surface area contributed by atoms with E-state index in [-0.39, 0.29) is 17.8 Å². The van der Waals surface area contributed by atoms with Crippen LogP contribution in [0.5, 0.6) is 5.75 Å². The Morgan fingerprint density at radius 2 is 1.71 bits per heavy atom. The molecule has 0 saturated heterocycles. The second-order valence-corrected chi connectivity index (χ2v) is 5.80. The lowest BCUT2D eigenvalue weighted by molar-refractivity contribution is 0.434. The molecule has 0 bridgehead atoms. The van der Waals surface area contributed by atoms with Crippen molar-refractivity contribution in [3.8, 4) is 5.75 Å². The normalized spacial score (nSPS) is 14.0. The summed E-state index contributed by atoms with van der Waals surface area (Å²) in [6, 6.07) is 9.31. The molecule has 2 N–H and O–H groups in total. The molecule has 2 aromatic rings. The minimum absolute atomic E-state index is 0.000722. The molecule has 0 heterocycles. The van der Waals surface area contributed by atoms with Crippen LogP contribution in [0.25, 0.3) is 0 Å². The van der Waals surface area contributed by atoms with Crippen LogP contribution in [-0.2, 0) is 0 Å². The van der Waals surface area contributed by atoms with Crippen LogP contribution >= 0.6 is 23.2 Å². The zero-order chi connectivity index (χ0) is 15.6. The minimum Gasteiger partial charge on any atom is -0.508 e. The number of halogens is 3. The fourth-order valence-corrected chi connectivity index (χ4v) is 2.53. The Hall–Kier alpha value is -1.29. The second-order valence-electron chi connectivity index (χ2n) is 4.99. The maximum Gasteiger partial charge on any atom is 0.126 e. The third-order valence-electron chi connectivity index (χ3n) is 3.40. The Morgan fingerprint density at radius 3 is 2.33 bits per heavy atom. The van der Waals surface area contributed by atoms with Crippen LogP contribution in [0.3, 0.4) is 0 Å². The molecule has 112 valence electrons. The number of hydrogen-bond acceptors (Lipinski definition) is 2. The van der Waals surface area contributed by atoms with Gasteiger partial charge in [0.2, 0.25) is 0 Å². The van der Waals surface area contributed by atoms with Crippen molar-refractivity contribution in [3.63, 3.8) is 0 Å². The van der Waals surface area contributed by atoms with Crippen LogP contribution in [-0.4, -0.2) is 5.11 Å². The number of hydrogen-bond donors (Lipinski definition) is 2. The van der Waals surface area contributed by atoms with Gasteiger partial charge >= 0.3 is 0 Å². The standard InChI is InChI=1S/C16H16Cl2FNO/c1-9(11-3-6-14(17)15(18)7-11)20-10(2)13-5-4-12(19)8-16(13)21/h3-10,20-21H,1-2H3. The third-order valence-corrected chi connectivity index (χ3v) is 4.14. The average Bonchev–Trinajstić information content (AvgIpc) is 2.41. The monoisotopic (exact) mass is 327 g/mol. The second kappa shape index (κ2) is 6.65. The minimum atomic E-state index is -0.457. The largest absolute Gasteiger partial charge is 0.508 e. The van der Waals surface area contributed by atoms with Crippen molar-refractivity contribution < 1.29 is 9.50 Å². The summed E-state index contributed by atoms with van der Waals surface area (Å²) in [5, 5.41) is 14.2. The summed E-state index contributed by atoms with van der Waals surface area (Å²) >= 11 is 11.9. The van der Waals surface area contributed by atoms with Crippen molar-refractivity contribution in [1.29, 1.82) is 0 Å². The molecule has 0 fully saturated rings. The fraction of sp³-hybridized carbons (Fsp3) is 0.250. The van der Waals surface area contributed by atoms with E-state index in [4.69, 9.17) is 23.2 Å². The average molecular weight is 328 g/mol. The molecule has 2 atom stereocenters. The Kier molecular flexibility index (Phi) is 5.09. The summed E-state index contributed by atoms with van der Waals surface area (Å²) < 4.78 is 13.0. The van der Waals surface area contributed by atoms with E-state index in [0.29, 0.717) is 15.6 Å². The topological polar surface area (TPSA) is 32.3 Å². The van der Waals surface area contributed by atoms with Gasteiger partial charge in [-0.2, -0.15) is 0 Å². The van der Waals surface area contributed by atoms with Gasteiger partial charge in [0.15, 0.2) is 0 Å². The number of phenols is 1. The van der Waals surface area contributed by atoms with Crippen molar-refractivity contribution in [3.05, 3.63) is 63.4 Å². The van der Waals surface area contributed by atoms with E-state index >= 15 is 0 Å². The molecule has 5 heteroatoms. The summed E-state index contributed by atoms with van der Waals surface area (Å²) in [7, 11) is 0. The lowest BCUT2D eigenvalue weighted by Gasteiger charge is -2.21. The molecule has 2 nitrogen and oxygen atoms in total. The zero-order valence-corrected chi connectivity index (χ0v) is 13.2. The van der Waals surface area contributed by atoms with E-state index in [9.17, 15) is 9.50 Å². The highest BCUT2D eigenvalue weighted by molar-refractivity contribution is 6.42. The van der Waals surface area contributed by atoms with E-state index in [1.54, 1.807) is 18.2 Å².